The molecule has 0 atom stereocenters. The van der Waals surface area contributed by atoms with Gasteiger partial charge in [-0.1, -0.05) is 64.7 Å². The number of alkyl carbamates (subject to hydrolysis) is 1. The summed E-state index contributed by atoms with van der Waals surface area (Å²) in [6.45, 7) is 3.24. The van der Waals surface area contributed by atoms with Gasteiger partial charge in [-0.25, -0.2) is 4.79 Å². The van der Waals surface area contributed by atoms with Crippen molar-refractivity contribution >= 4 is 17.7 Å². The topological polar surface area (TPSA) is 38.3 Å². The van der Waals surface area contributed by atoms with Crippen LogP contribution in [0.3, 0.4) is 0 Å². The van der Waals surface area contributed by atoms with Crippen LogP contribution in [0.4, 0.5) is 4.79 Å². The number of unbranched alkanes of at least 4 members (excludes halogenated alkanes) is 9. The average molecular weight is 292 g/mol. The van der Waals surface area contributed by atoms with E-state index in [0.29, 0.717) is 19.0 Å². The van der Waals surface area contributed by atoms with Gasteiger partial charge in [0.1, 0.15) is 0 Å². The van der Waals surface area contributed by atoms with Gasteiger partial charge in [-0.3, -0.25) is 0 Å². The number of hydrogen-bond donors (Lipinski definition) is 1. The predicted octanol–water partition coefficient (Wildman–Crippen LogP) is 4.87. The van der Waals surface area contributed by atoms with Crippen LogP contribution in [-0.2, 0) is 4.74 Å². The Morgan fingerprint density at radius 1 is 0.947 bits per heavy atom. The lowest BCUT2D eigenvalue weighted by atomic mass is 10.1. The summed E-state index contributed by atoms with van der Waals surface area (Å²) in [6, 6.07) is 0. The summed E-state index contributed by atoms with van der Waals surface area (Å²) in [5, 5.41) is 2.57. The molecule has 0 aromatic rings. The molecule has 0 aliphatic carbocycles. The minimum atomic E-state index is -0.350. The molecule has 1 N–H and O–H groups in total. The van der Waals surface area contributed by atoms with E-state index in [1.54, 1.807) is 0 Å². The Labute approximate surface area is 123 Å². The van der Waals surface area contributed by atoms with Crippen LogP contribution in [0.2, 0.25) is 0 Å². The molecule has 0 aliphatic rings. The maximum absolute atomic E-state index is 11.1. The zero-order valence-corrected chi connectivity index (χ0v) is 13.1. The van der Waals surface area contributed by atoms with E-state index in [-0.39, 0.29) is 6.09 Å². The van der Waals surface area contributed by atoms with E-state index in [4.69, 9.17) is 16.3 Å². The molecular formula is C15H30ClNO2. The quantitative estimate of drug-likeness (QED) is 0.388. The molecule has 0 saturated heterocycles. The first-order valence-corrected chi connectivity index (χ1v) is 8.31. The maximum Gasteiger partial charge on any atom is 0.407 e. The van der Waals surface area contributed by atoms with Gasteiger partial charge in [-0.2, -0.15) is 0 Å². The lowest BCUT2D eigenvalue weighted by Crippen LogP contribution is -2.26. The third-order valence-electron chi connectivity index (χ3n) is 3.09. The second-order valence-corrected chi connectivity index (χ2v) is 5.31. The third kappa shape index (κ3) is 15.5. The van der Waals surface area contributed by atoms with E-state index >= 15 is 0 Å². The van der Waals surface area contributed by atoms with E-state index in [1.807, 2.05) is 0 Å². The van der Waals surface area contributed by atoms with Gasteiger partial charge >= 0.3 is 6.09 Å². The van der Waals surface area contributed by atoms with E-state index in [1.165, 1.54) is 51.4 Å². The van der Waals surface area contributed by atoms with Crippen LogP contribution in [-0.4, -0.2) is 25.1 Å². The van der Waals surface area contributed by atoms with Crippen LogP contribution >= 0.6 is 11.6 Å². The van der Waals surface area contributed by atoms with Gasteiger partial charge in [0.2, 0.25) is 0 Å². The van der Waals surface area contributed by atoms with Crippen LogP contribution in [0.1, 0.15) is 71.1 Å². The molecule has 0 aromatic carbocycles. The van der Waals surface area contributed by atoms with Crippen molar-refractivity contribution in [3.8, 4) is 0 Å². The second-order valence-electron chi connectivity index (χ2n) is 4.93. The lowest BCUT2D eigenvalue weighted by Gasteiger charge is -2.05. The molecule has 114 valence electrons. The summed E-state index contributed by atoms with van der Waals surface area (Å²) in [4.78, 5) is 11.1. The zero-order chi connectivity index (χ0) is 14.2. The van der Waals surface area contributed by atoms with Crippen molar-refractivity contribution in [3.05, 3.63) is 0 Å². The molecular weight excluding hydrogens is 262 g/mol. The molecule has 4 heteroatoms. The number of carbonyl (C=O) groups is 1. The van der Waals surface area contributed by atoms with E-state index in [9.17, 15) is 4.79 Å². The summed E-state index contributed by atoms with van der Waals surface area (Å²) in [7, 11) is 0. The molecule has 0 saturated carbocycles. The average Bonchev–Trinajstić information content (AvgIpc) is 2.42. The van der Waals surface area contributed by atoms with Crippen molar-refractivity contribution < 1.29 is 9.53 Å². The Hall–Kier alpha value is -0.440. The minimum absolute atomic E-state index is 0.350. The molecule has 0 rings (SSSR count). The summed E-state index contributed by atoms with van der Waals surface area (Å²) < 4.78 is 5.01. The number of hydrogen-bond acceptors (Lipinski definition) is 2. The van der Waals surface area contributed by atoms with Crippen molar-refractivity contribution in [2.75, 3.05) is 19.0 Å². The number of rotatable bonds is 13. The summed E-state index contributed by atoms with van der Waals surface area (Å²) in [5.74, 6) is 0.424. The van der Waals surface area contributed by atoms with E-state index in [2.05, 4.69) is 12.2 Å². The molecule has 0 fully saturated rings. The Kier molecular flexibility index (Phi) is 15.3. The molecule has 0 aromatic heterocycles. The van der Waals surface area contributed by atoms with Gasteiger partial charge in [0.15, 0.2) is 0 Å². The van der Waals surface area contributed by atoms with Crippen LogP contribution in [0.25, 0.3) is 0 Å². The van der Waals surface area contributed by atoms with Crippen molar-refractivity contribution in [1.82, 2.24) is 5.32 Å². The third-order valence-corrected chi connectivity index (χ3v) is 3.28. The second kappa shape index (κ2) is 15.6. The highest BCUT2D eigenvalue weighted by atomic mass is 35.5. The molecule has 0 spiro atoms. The van der Waals surface area contributed by atoms with Gasteiger partial charge in [-0.15, -0.1) is 11.6 Å². The summed E-state index contributed by atoms with van der Waals surface area (Å²) >= 11 is 5.45. The van der Waals surface area contributed by atoms with Crippen molar-refractivity contribution in [2.45, 2.75) is 71.1 Å². The summed E-state index contributed by atoms with van der Waals surface area (Å²) in [6.07, 6.45) is 12.5. The van der Waals surface area contributed by atoms with E-state index < -0.39 is 0 Å². The Bertz CT molecular complexity index is 201. The molecule has 0 aliphatic heterocycles. The van der Waals surface area contributed by atoms with Gasteiger partial charge in [0, 0.05) is 12.4 Å². The van der Waals surface area contributed by atoms with Gasteiger partial charge in [0.05, 0.1) is 6.61 Å². The fraction of sp³-hybridized carbons (Fsp3) is 0.933. The van der Waals surface area contributed by atoms with Crippen molar-refractivity contribution in [3.63, 3.8) is 0 Å². The molecule has 0 heterocycles. The van der Waals surface area contributed by atoms with E-state index in [0.717, 1.165) is 12.8 Å². The number of halogens is 1. The first-order chi connectivity index (χ1) is 9.31. The first-order valence-electron chi connectivity index (χ1n) is 7.77. The Morgan fingerprint density at radius 2 is 1.47 bits per heavy atom. The summed E-state index contributed by atoms with van der Waals surface area (Å²) in [5.41, 5.74) is 0. The number of ether oxygens (including phenoxy) is 1. The fourth-order valence-corrected chi connectivity index (χ4v) is 2.05. The highest BCUT2D eigenvalue weighted by Gasteiger charge is 1.99. The van der Waals surface area contributed by atoms with Crippen molar-refractivity contribution in [1.29, 1.82) is 0 Å². The van der Waals surface area contributed by atoms with Crippen LogP contribution in [0, 0.1) is 0 Å². The molecule has 1 amide bonds. The Balaban J connectivity index is 3.04. The number of carbonyl (C=O) groups excluding carboxylic acids is 1. The van der Waals surface area contributed by atoms with Crippen LogP contribution in [0.15, 0.2) is 0 Å². The largest absolute Gasteiger partial charge is 0.450 e. The molecule has 3 nitrogen and oxygen atoms in total. The Morgan fingerprint density at radius 3 is 2.00 bits per heavy atom. The lowest BCUT2D eigenvalue weighted by molar-refractivity contribution is 0.144. The minimum Gasteiger partial charge on any atom is -0.450 e. The maximum atomic E-state index is 11.1. The predicted molar refractivity (Wildman–Crippen MR) is 81.9 cm³/mol. The normalized spacial score (nSPS) is 10.4. The molecule has 0 unspecified atom stereocenters. The number of alkyl halides is 1. The fourth-order valence-electron chi connectivity index (χ4n) is 1.95. The van der Waals surface area contributed by atoms with Crippen molar-refractivity contribution in [2.24, 2.45) is 0 Å². The smallest absolute Gasteiger partial charge is 0.407 e. The first kappa shape index (κ1) is 18.6. The molecule has 19 heavy (non-hydrogen) atoms. The molecule has 0 radical (unpaired) electrons. The highest BCUT2D eigenvalue weighted by molar-refractivity contribution is 6.18. The monoisotopic (exact) mass is 291 g/mol. The number of amides is 1. The SMILES string of the molecule is CCCCCCCCCCCCOC(=O)NCCCl. The van der Waals surface area contributed by atoms with Crippen LogP contribution < -0.4 is 5.32 Å². The number of nitrogens with one attached hydrogen (secondary N) is 1. The van der Waals surface area contributed by atoms with Gasteiger partial charge in [0.25, 0.3) is 0 Å². The van der Waals surface area contributed by atoms with Gasteiger partial charge < -0.3 is 10.1 Å². The zero-order valence-electron chi connectivity index (χ0n) is 12.4. The van der Waals surface area contributed by atoms with Crippen LogP contribution in [0.5, 0.6) is 0 Å². The highest BCUT2D eigenvalue weighted by Crippen LogP contribution is 2.10. The van der Waals surface area contributed by atoms with Gasteiger partial charge in [-0.05, 0) is 6.42 Å². The standard InChI is InChI=1S/C15H30ClNO2/c1-2-3-4-5-6-7-8-9-10-11-14-19-15(18)17-13-12-16/h2-14H2,1H3,(H,17,18). The molecule has 0 bridgehead atoms.